The van der Waals surface area contributed by atoms with E-state index in [4.69, 9.17) is 0 Å². The molecule has 1 N–H and O–H groups in total. The van der Waals surface area contributed by atoms with Crippen LogP contribution in [0.15, 0.2) is 54.7 Å². The Morgan fingerprint density at radius 3 is 2.50 bits per heavy atom. The van der Waals surface area contributed by atoms with Crippen molar-refractivity contribution in [2.75, 3.05) is 13.1 Å². The minimum atomic E-state index is -0.838. The monoisotopic (exact) mass is 404 g/mol. The highest BCUT2D eigenvalue weighted by Crippen LogP contribution is 2.35. The number of benzene rings is 2. The standard InChI is InChI=1S/C26H32N2O2/c1-19(2)11-16-28-18-24(23-9-5-6-10-25(23)28)20-12-14-27(15-13-20)17-21-7-3-4-8-22(21)26(29)30/h3-10,18-20H,11-17H2,1-2H3,(H,29,30). The van der Waals surface area contributed by atoms with E-state index < -0.39 is 5.97 Å². The second-order valence-electron chi connectivity index (χ2n) is 8.99. The van der Waals surface area contributed by atoms with Crippen LogP contribution in [0.4, 0.5) is 0 Å². The first-order valence-corrected chi connectivity index (χ1v) is 11.1. The molecule has 1 aromatic heterocycles. The van der Waals surface area contributed by atoms with Gasteiger partial charge in [-0.2, -0.15) is 0 Å². The zero-order valence-electron chi connectivity index (χ0n) is 18.1. The molecule has 0 unspecified atom stereocenters. The number of carboxylic acid groups (broad SMARTS) is 1. The number of hydrogen-bond donors (Lipinski definition) is 1. The fourth-order valence-corrected chi connectivity index (χ4v) is 4.69. The molecule has 2 aromatic carbocycles. The number of carboxylic acids is 1. The summed E-state index contributed by atoms with van der Waals surface area (Å²) >= 11 is 0. The molecular weight excluding hydrogens is 372 g/mol. The summed E-state index contributed by atoms with van der Waals surface area (Å²) in [5, 5.41) is 10.8. The van der Waals surface area contributed by atoms with Crippen LogP contribution in [-0.4, -0.2) is 33.6 Å². The Hall–Kier alpha value is -2.59. The van der Waals surface area contributed by atoms with Crippen molar-refractivity contribution in [1.29, 1.82) is 0 Å². The van der Waals surface area contributed by atoms with E-state index in [0.29, 0.717) is 23.9 Å². The van der Waals surface area contributed by atoms with Gasteiger partial charge in [0.05, 0.1) is 5.56 Å². The quantitative estimate of drug-likeness (QED) is 0.544. The number of carbonyl (C=O) groups is 1. The average molecular weight is 405 g/mol. The lowest BCUT2D eigenvalue weighted by Crippen LogP contribution is -2.32. The molecule has 0 aliphatic carbocycles. The first-order valence-electron chi connectivity index (χ1n) is 11.1. The maximum atomic E-state index is 11.5. The van der Waals surface area contributed by atoms with Crippen LogP contribution in [0.25, 0.3) is 10.9 Å². The summed E-state index contributed by atoms with van der Waals surface area (Å²) < 4.78 is 2.44. The molecule has 3 aromatic rings. The molecule has 4 rings (SSSR count). The van der Waals surface area contributed by atoms with Crippen LogP contribution < -0.4 is 0 Å². The summed E-state index contributed by atoms with van der Waals surface area (Å²) in [5.74, 6) is 0.433. The lowest BCUT2D eigenvalue weighted by molar-refractivity contribution is 0.0694. The van der Waals surface area contributed by atoms with Gasteiger partial charge in [0, 0.05) is 30.2 Å². The molecular formula is C26H32N2O2. The van der Waals surface area contributed by atoms with Crippen molar-refractivity contribution in [1.82, 2.24) is 9.47 Å². The normalized spacial score (nSPS) is 15.8. The van der Waals surface area contributed by atoms with Gasteiger partial charge in [-0.15, -0.1) is 0 Å². The summed E-state index contributed by atoms with van der Waals surface area (Å²) in [7, 11) is 0. The van der Waals surface area contributed by atoms with Crippen molar-refractivity contribution in [2.24, 2.45) is 5.92 Å². The molecule has 0 radical (unpaired) electrons. The second kappa shape index (κ2) is 9.05. The highest BCUT2D eigenvalue weighted by Gasteiger charge is 2.24. The Labute approximate surface area is 179 Å². The molecule has 0 atom stereocenters. The van der Waals surface area contributed by atoms with Crippen molar-refractivity contribution >= 4 is 16.9 Å². The third kappa shape index (κ3) is 4.44. The van der Waals surface area contributed by atoms with Crippen LogP contribution in [0, 0.1) is 5.92 Å². The maximum absolute atomic E-state index is 11.5. The molecule has 30 heavy (non-hydrogen) atoms. The number of nitrogens with zero attached hydrogens (tertiary/aromatic N) is 2. The average Bonchev–Trinajstić information content (AvgIpc) is 3.12. The Bertz CT molecular complexity index is 1010. The number of likely N-dealkylation sites (tertiary alicyclic amines) is 1. The fraction of sp³-hybridized carbons (Fsp3) is 0.423. The Morgan fingerprint density at radius 1 is 1.07 bits per heavy atom. The Kier molecular flexibility index (Phi) is 6.24. The minimum Gasteiger partial charge on any atom is -0.478 e. The molecule has 0 bridgehead atoms. The van der Waals surface area contributed by atoms with E-state index in [0.717, 1.165) is 38.0 Å². The van der Waals surface area contributed by atoms with Crippen molar-refractivity contribution in [3.05, 3.63) is 71.4 Å². The van der Waals surface area contributed by atoms with Crippen molar-refractivity contribution < 1.29 is 9.90 Å². The van der Waals surface area contributed by atoms with Gasteiger partial charge in [-0.3, -0.25) is 4.90 Å². The molecule has 4 heteroatoms. The molecule has 4 nitrogen and oxygen atoms in total. The van der Waals surface area contributed by atoms with E-state index in [1.54, 1.807) is 12.1 Å². The van der Waals surface area contributed by atoms with Gasteiger partial charge in [0.1, 0.15) is 0 Å². The van der Waals surface area contributed by atoms with Gasteiger partial charge in [-0.1, -0.05) is 50.2 Å². The summed E-state index contributed by atoms with van der Waals surface area (Å²) in [6, 6.07) is 16.2. The van der Waals surface area contributed by atoms with Crippen LogP contribution in [-0.2, 0) is 13.1 Å². The predicted molar refractivity (Wildman–Crippen MR) is 122 cm³/mol. The van der Waals surface area contributed by atoms with E-state index in [-0.39, 0.29) is 0 Å². The van der Waals surface area contributed by atoms with Gasteiger partial charge in [-0.05, 0) is 67.4 Å². The van der Waals surface area contributed by atoms with E-state index in [1.165, 1.54) is 22.9 Å². The van der Waals surface area contributed by atoms with E-state index >= 15 is 0 Å². The molecule has 1 saturated heterocycles. The van der Waals surface area contributed by atoms with Crippen LogP contribution in [0.3, 0.4) is 0 Å². The molecule has 1 aliphatic rings. The molecule has 158 valence electrons. The molecule has 0 spiro atoms. The van der Waals surface area contributed by atoms with Gasteiger partial charge in [0.15, 0.2) is 0 Å². The summed E-state index contributed by atoms with van der Waals surface area (Å²) in [4.78, 5) is 13.9. The first-order chi connectivity index (χ1) is 14.5. The summed E-state index contributed by atoms with van der Waals surface area (Å²) in [6.07, 6.45) is 5.83. The third-order valence-electron chi connectivity index (χ3n) is 6.44. The number of aromatic nitrogens is 1. The topological polar surface area (TPSA) is 45.5 Å². The van der Waals surface area contributed by atoms with Crippen LogP contribution in [0.2, 0.25) is 0 Å². The lowest BCUT2D eigenvalue weighted by Gasteiger charge is -2.32. The van der Waals surface area contributed by atoms with Crippen LogP contribution >= 0.6 is 0 Å². The van der Waals surface area contributed by atoms with Crippen LogP contribution in [0.5, 0.6) is 0 Å². The summed E-state index contributed by atoms with van der Waals surface area (Å²) in [5.41, 5.74) is 4.17. The molecule has 2 heterocycles. The number of fused-ring (bicyclic) bond motifs is 1. The number of hydrogen-bond acceptors (Lipinski definition) is 2. The van der Waals surface area contributed by atoms with Gasteiger partial charge in [0.2, 0.25) is 0 Å². The van der Waals surface area contributed by atoms with E-state index in [9.17, 15) is 9.90 Å². The number of para-hydroxylation sites is 1. The van der Waals surface area contributed by atoms with Crippen LogP contribution in [0.1, 0.15) is 60.5 Å². The highest BCUT2D eigenvalue weighted by atomic mass is 16.4. The second-order valence-corrected chi connectivity index (χ2v) is 8.99. The molecule has 0 saturated carbocycles. The number of rotatable bonds is 7. The smallest absolute Gasteiger partial charge is 0.336 e. The zero-order chi connectivity index (χ0) is 21.1. The molecule has 1 fully saturated rings. The Balaban J connectivity index is 1.47. The highest BCUT2D eigenvalue weighted by molar-refractivity contribution is 5.89. The van der Waals surface area contributed by atoms with Crippen molar-refractivity contribution in [3.63, 3.8) is 0 Å². The third-order valence-corrected chi connectivity index (χ3v) is 6.44. The van der Waals surface area contributed by atoms with Crippen molar-refractivity contribution in [2.45, 2.75) is 52.1 Å². The SMILES string of the molecule is CC(C)CCn1cc(C2CCN(Cc3ccccc3C(=O)O)CC2)c2ccccc21. The largest absolute Gasteiger partial charge is 0.478 e. The van der Waals surface area contributed by atoms with E-state index in [2.05, 4.69) is 53.8 Å². The Morgan fingerprint density at radius 2 is 1.77 bits per heavy atom. The first kappa shape index (κ1) is 20.7. The van der Waals surface area contributed by atoms with Gasteiger partial charge in [0.25, 0.3) is 0 Å². The predicted octanol–water partition coefficient (Wildman–Crippen LogP) is 5.77. The summed E-state index contributed by atoms with van der Waals surface area (Å²) in [6.45, 7) is 8.36. The van der Waals surface area contributed by atoms with Gasteiger partial charge < -0.3 is 9.67 Å². The molecule has 1 aliphatic heterocycles. The number of aromatic carboxylic acids is 1. The maximum Gasteiger partial charge on any atom is 0.336 e. The van der Waals surface area contributed by atoms with Crippen molar-refractivity contribution in [3.8, 4) is 0 Å². The number of aryl methyl sites for hydroxylation is 1. The minimum absolute atomic E-state index is 0.424. The number of piperidine rings is 1. The van der Waals surface area contributed by atoms with Gasteiger partial charge in [-0.25, -0.2) is 4.79 Å². The zero-order valence-corrected chi connectivity index (χ0v) is 18.1. The molecule has 0 amide bonds. The lowest BCUT2D eigenvalue weighted by atomic mass is 9.89. The fourth-order valence-electron chi connectivity index (χ4n) is 4.69. The van der Waals surface area contributed by atoms with Gasteiger partial charge >= 0.3 is 5.97 Å². The van der Waals surface area contributed by atoms with E-state index in [1.807, 2.05) is 12.1 Å².